The fraction of sp³-hybridized carbons (Fsp3) is 0.444. The third kappa shape index (κ3) is 2.45. The van der Waals surface area contributed by atoms with Crippen LogP contribution in [0.2, 0.25) is 5.15 Å². The average Bonchev–Trinajstić information content (AvgIpc) is 2.16. The molecule has 0 aliphatic heterocycles. The van der Waals surface area contributed by atoms with Crippen LogP contribution in [0.15, 0.2) is 17.0 Å². The molecule has 1 heterocycles. The Labute approximate surface area is 101 Å². The highest BCUT2D eigenvalue weighted by Crippen LogP contribution is 2.25. The average molecular weight is 264 g/mol. The van der Waals surface area contributed by atoms with Crippen LogP contribution in [0.1, 0.15) is 0 Å². The number of rotatable bonds is 3. The normalized spacial score (nSPS) is 11.9. The van der Waals surface area contributed by atoms with Crippen molar-refractivity contribution in [2.24, 2.45) is 0 Å². The molecule has 0 aliphatic rings. The van der Waals surface area contributed by atoms with Gasteiger partial charge in [-0.15, -0.1) is 0 Å². The lowest BCUT2D eigenvalue weighted by molar-refractivity contribution is 0.520. The number of hydrogen-bond acceptors (Lipinski definition) is 4. The van der Waals surface area contributed by atoms with Crippen molar-refractivity contribution in [1.29, 1.82) is 0 Å². The van der Waals surface area contributed by atoms with Gasteiger partial charge in [-0.05, 0) is 12.1 Å². The molecule has 0 unspecified atom stereocenters. The minimum absolute atomic E-state index is 0.145. The second-order valence-corrected chi connectivity index (χ2v) is 6.15. The Balaban J connectivity index is 3.46. The van der Waals surface area contributed by atoms with E-state index in [0.717, 1.165) is 4.31 Å². The largest absolute Gasteiger partial charge is 0.362 e. The van der Waals surface area contributed by atoms with Gasteiger partial charge in [0.2, 0.25) is 10.0 Å². The monoisotopic (exact) mass is 263 g/mol. The summed E-state index contributed by atoms with van der Waals surface area (Å²) in [5, 5.41) is 0.265. The van der Waals surface area contributed by atoms with Gasteiger partial charge in [-0.3, -0.25) is 0 Å². The first-order valence-corrected chi connectivity index (χ1v) is 6.35. The lowest BCUT2D eigenvalue weighted by atomic mass is 10.4. The lowest BCUT2D eigenvalue weighted by Crippen LogP contribution is -2.25. The van der Waals surface area contributed by atoms with E-state index in [1.54, 1.807) is 19.0 Å². The number of halogens is 1. The molecule has 1 aromatic rings. The highest BCUT2D eigenvalue weighted by molar-refractivity contribution is 7.89. The number of aromatic nitrogens is 1. The first kappa shape index (κ1) is 13.2. The van der Waals surface area contributed by atoms with E-state index in [4.69, 9.17) is 11.6 Å². The minimum Gasteiger partial charge on any atom is -0.362 e. The molecule has 0 saturated carbocycles. The topological polar surface area (TPSA) is 53.5 Å². The maximum Gasteiger partial charge on any atom is 0.246 e. The summed E-state index contributed by atoms with van der Waals surface area (Å²) in [6, 6.07) is 2.92. The van der Waals surface area contributed by atoms with Gasteiger partial charge in [0.1, 0.15) is 15.9 Å². The number of pyridine rings is 1. The number of sulfonamides is 1. The number of nitrogens with zero attached hydrogens (tertiary/aromatic N) is 3. The minimum atomic E-state index is -3.50. The molecule has 5 nitrogen and oxygen atoms in total. The van der Waals surface area contributed by atoms with Crippen molar-refractivity contribution in [3.63, 3.8) is 0 Å². The van der Waals surface area contributed by atoms with Gasteiger partial charge < -0.3 is 4.90 Å². The van der Waals surface area contributed by atoms with E-state index in [9.17, 15) is 8.42 Å². The molecule has 0 amide bonds. The van der Waals surface area contributed by atoms with Crippen molar-refractivity contribution in [3.8, 4) is 0 Å². The van der Waals surface area contributed by atoms with Crippen molar-refractivity contribution in [3.05, 3.63) is 17.3 Å². The molecule has 0 saturated heterocycles. The Morgan fingerprint density at radius 2 is 1.75 bits per heavy atom. The summed E-state index contributed by atoms with van der Waals surface area (Å²) in [5.74, 6) is 0.334. The van der Waals surface area contributed by atoms with Gasteiger partial charge in [-0.25, -0.2) is 17.7 Å². The molecule has 0 radical (unpaired) electrons. The van der Waals surface area contributed by atoms with Crippen LogP contribution in [-0.4, -0.2) is 45.9 Å². The highest BCUT2D eigenvalue weighted by Gasteiger charge is 2.23. The fourth-order valence-electron chi connectivity index (χ4n) is 1.13. The Hall–Kier alpha value is -0.850. The molecule has 16 heavy (non-hydrogen) atoms. The van der Waals surface area contributed by atoms with Crippen LogP contribution in [0.5, 0.6) is 0 Å². The Morgan fingerprint density at radius 3 is 2.19 bits per heavy atom. The second-order valence-electron chi connectivity index (χ2n) is 3.64. The predicted octanol–water partition coefficient (Wildman–Crippen LogP) is 1.05. The Bertz CT molecular complexity index is 486. The first-order chi connectivity index (χ1) is 7.26. The van der Waals surface area contributed by atoms with E-state index in [0.29, 0.717) is 5.82 Å². The highest BCUT2D eigenvalue weighted by atomic mass is 35.5. The van der Waals surface area contributed by atoms with Crippen LogP contribution in [0.3, 0.4) is 0 Å². The molecule has 1 aromatic heterocycles. The van der Waals surface area contributed by atoms with Crippen LogP contribution < -0.4 is 4.90 Å². The van der Waals surface area contributed by atoms with Crippen molar-refractivity contribution in [2.45, 2.75) is 4.90 Å². The van der Waals surface area contributed by atoms with Gasteiger partial charge in [0.25, 0.3) is 0 Å². The molecular weight excluding hydrogens is 250 g/mol. The van der Waals surface area contributed by atoms with Crippen LogP contribution in [0.4, 0.5) is 5.82 Å². The zero-order chi connectivity index (χ0) is 12.5. The zero-order valence-corrected chi connectivity index (χ0v) is 11.2. The van der Waals surface area contributed by atoms with E-state index in [2.05, 4.69) is 4.98 Å². The zero-order valence-electron chi connectivity index (χ0n) is 9.60. The van der Waals surface area contributed by atoms with E-state index in [-0.39, 0.29) is 10.0 Å². The summed E-state index contributed by atoms with van der Waals surface area (Å²) in [6.07, 6.45) is 0. The molecule has 1 rings (SSSR count). The molecule has 0 bridgehead atoms. The van der Waals surface area contributed by atoms with Gasteiger partial charge >= 0.3 is 0 Å². The van der Waals surface area contributed by atoms with Gasteiger partial charge in [0, 0.05) is 28.2 Å². The van der Waals surface area contributed by atoms with E-state index < -0.39 is 10.0 Å². The van der Waals surface area contributed by atoms with Gasteiger partial charge in [-0.2, -0.15) is 0 Å². The van der Waals surface area contributed by atoms with Crippen LogP contribution >= 0.6 is 11.6 Å². The molecule has 0 atom stereocenters. The summed E-state index contributed by atoms with van der Waals surface area (Å²) in [6.45, 7) is 0. The Kier molecular flexibility index (Phi) is 3.77. The van der Waals surface area contributed by atoms with Gasteiger partial charge in [0.05, 0.1) is 0 Å². The van der Waals surface area contributed by atoms with Crippen molar-refractivity contribution in [2.75, 3.05) is 33.1 Å². The first-order valence-electron chi connectivity index (χ1n) is 4.53. The number of hydrogen-bond donors (Lipinski definition) is 0. The van der Waals surface area contributed by atoms with Crippen molar-refractivity contribution < 1.29 is 8.42 Å². The predicted molar refractivity (Wildman–Crippen MR) is 64.4 cm³/mol. The van der Waals surface area contributed by atoms with E-state index >= 15 is 0 Å². The maximum atomic E-state index is 12.0. The standard InChI is InChI=1S/C9H14ClN3O2S/c1-12(2)9-7(5-6-8(10)11-9)16(14,15)13(3)4/h5-6H,1-4H3. The second kappa shape index (κ2) is 4.57. The third-order valence-corrected chi connectivity index (χ3v) is 4.03. The maximum absolute atomic E-state index is 12.0. The van der Waals surface area contributed by atoms with Gasteiger partial charge in [-0.1, -0.05) is 11.6 Å². The van der Waals surface area contributed by atoms with E-state index in [1.165, 1.54) is 26.2 Å². The summed E-state index contributed by atoms with van der Waals surface area (Å²) in [4.78, 5) is 5.77. The molecule has 7 heteroatoms. The van der Waals surface area contributed by atoms with Crippen LogP contribution in [-0.2, 0) is 10.0 Å². The molecule has 0 aliphatic carbocycles. The molecule has 90 valence electrons. The molecule has 0 spiro atoms. The van der Waals surface area contributed by atoms with Crippen molar-refractivity contribution >= 4 is 27.4 Å². The summed E-state index contributed by atoms with van der Waals surface area (Å²) in [7, 11) is 2.88. The SMILES string of the molecule is CN(C)c1nc(Cl)ccc1S(=O)(=O)N(C)C. The Morgan fingerprint density at radius 1 is 1.19 bits per heavy atom. The summed E-state index contributed by atoms with van der Waals surface area (Å²) >= 11 is 5.74. The molecule has 0 N–H and O–H groups in total. The van der Waals surface area contributed by atoms with Crippen LogP contribution in [0.25, 0.3) is 0 Å². The summed E-state index contributed by atoms with van der Waals surface area (Å²) < 4.78 is 25.1. The van der Waals surface area contributed by atoms with Crippen LogP contribution in [0, 0.1) is 0 Å². The van der Waals surface area contributed by atoms with Crippen molar-refractivity contribution in [1.82, 2.24) is 9.29 Å². The quantitative estimate of drug-likeness (QED) is 0.765. The fourth-order valence-corrected chi connectivity index (χ4v) is 2.37. The summed E-state index contributed by atoms with van der Waals surface area (Å²) in [5.41, 5.74) is 0. The molecular formula is C9H14ClN3O2S. The third-order valence-electron chi connectivity index (χ3n) is 1.99. The molecule has 0 fully saturated rings. The number of anilines is 1. The lowest BCUT2D eigenvalue weighted by Gasteiger charge is -2.18. The molecule has 0 aromatic carbocycles. The smallest absolute Gasteiger partial charge is 0.246 e. The van der Waals surface area contributed by atoms with Gasteiger partial charge in [0.15, 0.2) is 0 Å². The van der Waals surface area contributed by atoms with E-state index in [1.807, 2.05) is 0 Å².